The number of nitrogens with zero attached hydrogens (tertiary/aromatic N) is 1. The average Bonchev–Trinajstić information content (AvgIpc) is 2.38. The van der Waals surface area contributed by atoms with E-state index in [1.807, 2.05) is 0 Å². The molecule has 1 rings (SSSR count). The molecule has 0 fully saturated rings. The lowest BCUT2D eigenvalue weighted by atomic mass is 9.98. The number of benzene rings is 1. The largest absolute Gasteiger partial charge is 0.466 e. The van der Waals surface area contributed by atoms with Crippen LogP contribution in [0.4, 0.5) is 8.78 Å². The maximum atomic E-state index is 12.8. The highest BCUT2D eigenvalue weighted by molar-refractivity contribution is 6.17. The summed E-state index contributed by atoms with van der Waals surface area (Å²) in [7, 11) is 0. The highest BCUT2D eigenvalue weighted by atomic mass is 35.5. The van der Waals surface area contributed by atoms with Crippen molar-refractivity contribution >= 4 is 17.6 Å². The number of ether oxygens (including phenoxy) is 1. The third-order valence-electron chi connectivity index (χ3n) is 2.51. The molecule has 1 aromatic carbocycles. The Kier molecular flexibility index (Phi) is 5.71. The van der Waals surface area contributed by atoms with Crippen molar-refractivity contribution in [1.82, 2.24) is 0 Å². The van der Waals surface area contributed by atoms with E-state index in [0.717, 1.165) is 6.07 Å². The minimum absolute atomic E-state index is 0.0347. The van der Waals surface area contributed by atoms with Gasteiger partial charge in [-0.15, -0.1) is 11.6 Å². The minimum Gasteiger partial charge on any atom is -0.466 e. The van der Waals surface area contributed by atoms with E-state index in [0.29, 0.717) is 11.1 Å². The van der Waals surface area contributed by atoms with Gasteiger partial charge in [0.15, 0.2) is 0 Å². The van der Waals surface area contributed by atoms with E-state index in [1.54, 1.807) is 13.0 Å². The molecule has 0 aliphatic rings. The molecule has 102 valence electrons. The molecule has 0 aliphatic heterocycles. The zero-order valence-electron chi connectivity index (χ0n) is 10.3. The summed E-state index contributed by atoms with van der Waals surface area (Å²) in [6, 6.07) is 4.15. The molecule has 0 unspecified atom stereocenters. The molecular formula is C13H12ClF2NO2. The van der Waals surface area contributed by atoms with Crippen molar-refractivity contribution in [2.24, 2.45) is 0 Å². The fourth-order valence-corrected chi connectivity index (χ4v) is 1.89. The Balaban J connectivity index is 3.19. The third kappa shape index (κ3) is 3.90. The van der Waals surface area contributed by atoms with Gasteiger partial charge in [-0.3, -0.25) is 4.79 Å². The van der Waals surface area contributed by atoms with Gasteiger partial charge in [0, 0.05) is 11.4 Å². The average molecular weight is 288 g/mol. The fraction of sp³-hybridized carbons (Fsp3) is 0.385. The third-order valence-corrected chi connectivity index (χ3v) is 2.80. The first kappa shape index (κ1) is 15.4. The van der Waals surface area contributed by atoms with E-state index in [2.05, 4.69) is 0 Å². The van der Waals surface area contributed by atoms with E-state index in [9.17, 15) is 13.6 Å². The molecular weight excluding hydrogens is 276 g/mol. The quantitative estimate of drug-likeness (QED) is 0.616. The first-order valence-electron chi connectivity index (χ1n) is 5.59. The van der Waals surface area contributed by atoms with Gasteiger partial charge < -0.3 is 4.74 Å². The summed E-state index contributed by atoms with van der Waals surface area (Å²) in [4.78, 5) is 11.4. The van der Waals surface area contributed by atoms with Crippen LogP contribution in [0.3, 0.4) is 0 Å². The molecule has 6 heteroatoms. The van der Waals surface area contributed by atoms with Crippen molar-refractivity contribution in [1.29, 1.82) is 5.26 Å². The van der Waals surface area contributed by atoms with Crippen LogP contribution in [0.2, 0.25) is 0 Å². The lowest BCUT2D eigenvalue weighted by molar-refractivity contribution is -0.142. The molecule has 0 atom stereocenters. The number of carbonyl (C=O) groups excluding carboxylic acids is 1. The highest BCUT2D eigenvalue weighted by Crippen LogP contribution is 2.27. The van der Waals surface area contributed by atoms with E-state index in [-0.39, 0.29) is 24.5 Å². The van der Waals surface area contributed by atoms with Gasteiger partial charge in [0.1, 0.15) is 0 Å². The van der Waals surface area contributed by atoms with Crippen LogP contribution in [0.15, 0.2) is 12.1 Å². The Hall–Kier alpha value is -1.67. The molecule has 3 nitrogen and oxygen atoms in total. The summed E-state index contributed by atoms with van der Waals surface area (Å²) < 4.78 is 30.4. The molecule has 0 spiro atoms. The van der Waals surface area contributed by atoms with Crippen LogP contribution in [-0.2, 0) is 21.8 Å². The van der Waals surface area contributed by atoms with Crippen LogP contribution in [0.25, 0.3) is 0 Å². The summed E-state index contributed by atoms with van der Waals surface area (Å²) >= 11 is 5.70. The van der Waals surface area contributed by atoms with Crippen LogP contribution in [0.5, 0.6) is 0 Å². The van der Waals surface area contributed by atoms with Crippen LogP contribution >= 0.6 is 11.6 Å². The van der Waals surface area contributed by atoms with Crippen molar-refractivity contribution in [3.8, 4) is 6.07 Å². The van der Waals surface area contributed by atoms with E-state index in [1.165, 1.54) is 6.07 Å². The van der Waals surface area contributed by atoms with Crippen molar-refractivity contribution in [3.05, 3.63) is 34.4 Å². The monoisotopic (exact) mass is 287 g/mol. The molecule has 0 saturated carbocycles. The molecule has 0 heterocycles. The van der Waals surface area contributed by atoms with E-state index in [4.69, 9.17) is 21.6 Å². The first-order chi connectivity index (χ1) is 9.03. The van der Waals surface area contributed by atoms with Crippen molar-refractivity contribution in [3.63, 3.8) is 0 Å². The molecule has 0 radical (unpaired) electrons. The zero-order chi connectivity index (χ0) is 14.4. The summed E-state index contributed by atoms with van der Waals surface area (Å²) in [5.74, 6) is -0.480. The molecule has 0 bridgehead atoms. The van der Waals surface area contributed by atoms with Gasteiger partial charge in [0.25, 0.3) is 6.43 Å². The summed E-state index contributed by atoms with van der Waals surface area (Å²) in [5.41, 5.74) is 0.326. The number of hydrogen-bond acceptors (Lipinski definition) is 3. The van der Waals surface area contributed by atoms with Crippen molar-refractivity contribution in [2.75, 3.05) is 6.61 Å². The fourth-order valence-electron chi connectivity index (χ4n) is 1.64. The number of rotatable bonds is 5. The Labute approximate surface area is 114 Å². The zero-order valence-corrected chi connectivity index (χ0v) is 11.0. The maximum absolute atomic E-state index is 12.8. The highest BCUT2D eigenvalue weighted by Gasteiger charge is 2.18. The normalized spacial score (nSPS) is 10.3. The predicted octanol–water partition coefficient (Wildman–Crippen LogP) is 3.34. The van der Waals surface area contributed by atoms with Gasteiger partial charge in [-0.05, 0) is 30.2 Å². The molecule has 0 aliphatic carbocycles. The maximum Gasteiger partial charge on any atom is 0.310 e. The lowest BCUT2D eigenvalue weighted by Crippen LogP contribution is -2.10. The van der Waals surface area contributed by atoms with E-state index < -0.39 is 18.0 Å². The van der Waals surface area contributed by atoms with Gasteiger partial charge in [0.05, 0.1) is 24.7 Å². The first-order valence-corrected chi connectivity index (χ1v) is 6.12. The van der Waals surface area contributed by atoms with Crippen LogP contribution < -0.4 is 0 Å². The Morgan fingerprint density at radius 3 is 2.63 bits per heavy atom. The number of halogens is 3. The molecule has 0 N–H and O–H groups in total. The van der Waals surface area contributed by atoms with Gasteiger partial charge in [-0.25, -0.2) is 8.78 Å². The second kappa shape index (κ2) is 7.05. The standard InChI is InChI=1S/C13H12ClF2NO2/c1-2-19-12(18)5-8-4-11(13(15)16)10(7-17)3-9(8)6-14/h3-4,13H,2,5-6H2,1H3. The minimum atomic E-state index is -2.78. The SMILES string of the molecule is CCOC(=O)Cc1cc(C(F)F)c(C#N)cc1CCl. The van der Waals surface area contributed by atoms with E-state index >= 15 is 0 Å². The van der Waals surface area contributed by atoms with Crippen molar-refractivity contribution < 1.29 is 18.3 Å². The number of carbonyl (C=O) groups is 1. The Morgan fingerprint density at radius 1 is 1.47 bits per heavy atom. The molecule has 0 aromatic heterocycles. The lowest BCUT2D eigenvalue weighted by Gasteiger charge is -2.11. The van der Waals surface area contributed by atoms with Gasteiger partial charge in [0.2, 0.25) is 0 Å². The van der Waals surface area contributed by atoms with Gasteiger partial charge in [-0.2, -0.15) is 5.26 Å². The van der Waals surface area contributed by atoms with Crippen LogP contribution in [0.1, 0.15) is 35.6 Å². The van der Waals surface area contributed by atoms with Crippen LogP contribution in [-0.4, -0.2) is 12.6 Å². The molecule has 0 saturated heterocycles. The molecule has 19 heavy (non-hydrogen) atoms. The summed E-state index contributed by atoms with van der Waals surface area (Å²) in [6.45, 7) is 1.87. The smallest absolute Gasteiger partial charge is 0.310 e. The topological polar surface area (TPSA) is 50.1 Å². The van der Waals surface area contributed by atoms with Crippen LogP contribution in [0, 0.1) is 11.3 Å². The predicted molar refractivity (Wildman–Crippen MR) is 66.0 cm³/mol. The number of esters is 1. The number of alkyl halides is 3. The number of hydrogen-bond donors (Lipinski definition) is 0. The Bertz CT molecular complexity index is 512. The number of nitriles is 1. The summed E-state index contributed by atoms with van der Waals surface area (Å²) in [5, 5.41) is 8.83. The van der Waals surface area contributed by atoms with Crippen molar-refractivity contribution in [2.45, 2.75) is 25.7 Å². The summed E-state index contributed by atoms with van der Waals surface area (Å²) in [6.07, 6.45) is -2.92. The Morgan fingerprint density at radius 2 is 2.16 bits per heavy atom. The van der Waals surface area contributed by atoms with Gasteiger partial charge >= 0.3 is 5.97 Å². The van der Waals surface area contributed by atoms with Gasteiger partial charge in [-0.1, -0.05) is 0 Å². The second-order valence-corrected chi connectivity index (χ2v) is 4.00. The molecule has 1 aromatic rings. The molecule has 0 amide bonds. The second-order valence-electron chi connectivity index (χ2n) is 3.74.